The van der Waals surface area contributed by atoms with E-state index in [0.29, 0.717) is 13.1 Å². The van der Waals surface area contributed by atoms with E-state index in [1.165, 1.54) is 22.6 Å². The van der Waals surface area contributed by atoms with Gasteiger partial charge in [-0.2, -0.15) is 10.2 Å². The van der Waals surface area contributed by atoms with Crippen LogP contribution in [0, 0.1) is 6.92 Å². The lowest BCUT2D eigenvalue weighted by molar-refractivity contribution is -0.133. The zero-order valence-electron chi connectivity index (χ0n) is 14.4. The molecule has 0 radical (unpaired) electrons. The number of aryl methyl sites for hydroxylation is 2. The molecule has 1 aliphatic heterocycles. The Labute approximate surface area is 145 Å². The van der Waals surface area contributed by atoms with Crippen molar-refractivity contribution in [3.63, 3.8) is 0 Å². The van der Waals surface area contributed by atoms with Crippen molar-refractivity contribution >= 4 is 11.9 Å². The molecule has 134 valence electrons. The van der Waals surface area contributed by atoms with E-state index in [2.05, 4.69) is 15.1 Å². The molecule has 3 rings (SSSR count). The van der Waals surface area contributed by atoms with E-state index in [-0.39, 0.29) is 18.0 Å². The summed E-state index contributed by atoms with van der Waals surface area (Å²) in [5, 5.41) is 17.2. The van der Waals surface area contributed by atoms with Crippen molar-refractivity contribution in [2.24, 2.45) is 7.05 Å². The molecule has 2 aromatic heterocycles. The minimum absolute atomic E-state index is 0.0442. The van der Waals surface area contributed by atoms with Gasteiger partial charge in [0.25, 0.3) is 0 Å². The number of rotatable bonds is 5. The van der Waals surface area contributed by atoms with Crippen molar-refractivity contribution in [2.75, 3.05) is 26.2 Å². The molecule has 9 nitrogen and oxygen atoms in total. The van der Waals surface area contributed by atoms with Gasteiger partial charge in [-0.05, 0) is 6.92 Å². The van der Waals surface area contributed by atoms with Crippen molar-refractivity contribution in [3.8, 4) is 0 Å². The highest BCUT2D eigenvalue weighted by molar-refractivity contribution is 5.87. The summed E-state index contributed by atoms with van der Waals surface area (Å²) in [7, 11) is 1.91. The lowest BCUT2D eigenvalue weighted by Crippen LogP contribution is -2.49. The highest BCUT2D eigenvalue weighted by Gasteiger charge is 2.22. The van der Waals surface area contributed by atoms with Gasteiger partial charge in [-0.25, -0.2) is 4.79 Å². The van der Waals surface area contributed by atoms with Crippen molar-refractivity contribution in [1.82, 2.24) is 29.4 Å². The molecular formula is C16H22N6O3. The van der Waals surface area contributed by atoms with E-state index in [0.717, 1.165) is 25.3 Å². The fourth-order valence-electron chi connectivity index (χ4n) is 3.00. The van der Waals surface area contributed by atoms with Gasteiger partial charge in [0.2, 0.25) is 5.91 Å². The number of carbonyl (C=O) groups is 2. The highest BCUT2D eigenvalue weighted by Crippen LogP contribution is 2.12. The zero-order valence-corrected chi connectivity index (χ0v) is 14.4. The molecular weight excluding hydrogens is 324 g/mol. The lowest BCUT2D eigenvalue weighted by atomic mass is 10.2. The van der Waals surface area contributed by atoms with Crippen LogP contribution >= 0.6 is 0 Å². The van der Waals surface area contributed by atoms with Crippen molar-refractivity contribution in [1.29, 1.82) is 0 Å². The molecule has 1 saturated heterocycles. The first kappa shape index (κ1) is 17.2. The molecule has 1 fully saturated rings. The van der Waals surface area contributed by atoms with Crippen molar-refractivity contribution < 1.29 is 14.7 Å². The molecule has 0 spiro atoms. The van der Waals surface area contributed by atoms with Gasteiger partial charge < -0.3 is 10.0 Å². The Bertz CT molecular complexity index is 773. The Hall–Kier alpha value is -2.68. The first-order chi connectivity index (χ1) is 11.9. The maximum absolute atomic E-state index is 12.4. The van der Waals surface area contributed by atoms with Crippen LogP contribution in [0.3, 0.4) is 0 Å². The fourth-order valence-corrected chi connectivity index (χ4v) is 3.00. The molecule has 0 unspecified atom stereocenters. The van der Waals surface area contributed by atoms with Crippen LogP contribution in [-0.2, 0) is 24.9 Å². The Morgan fingerprint density at radius 1 is 1.20 bits per heavy atom. The van der Waals surface area contributed by atoms with Gasteiger partial charge in [-0.1, -0.05) is 0 Å². The van der Waals surface area contributed by atoms with Crippen LogP contribution < -0.4 is 0 Å². The van der Waals surface area contributed by atoms with Gasteiger partial charge >= 0.3 is 5.97 Å². The molecule has 1 amide bonds. The van der Waals surface area contributed by atoms with E-state index < -0.39 is 5.97 Å². The molecule has 25 heavy (non-hydrogen) atoms. The minimum atomic E-state index is -1.04. The largest absolute Gasteiger partial charge is 0.478 e. The van der Waals surface area contributed by atoms with Gasteiger partial charge in [0.05, 0.1) is 17.5 Å². The summed E-state index contributed by atoms with van der Waals surface area (Å²) in [5.41, 5.74) is 2.33. The summed E-state index contributed by atoms with van der Waals surface area (Å²) in [6, 6.07) is 0. The topological polar surface area (TPSA) is 96.5 Å². The van der Waals surface area contributed by atoms with Crippen molar-refractivity contribution in [2.45, 2.75) is 20.0 Å². The Kier molecular flexibility index (Phi) is 4.84. The summed E-state index contributed by atoms with van der Waals surface area (Å²) in [6.45, 7) is 5.83. The number of aromatic carboxylic acids is 1. The van der Waals surface area contributed by atoms with Crippen LogP contribution in [0.2, 0.25) is 0 Å². The normalized spacial score (nSPS) is 15.5. The number of aromatic nitrogens is 4. The predicted octanol–water partition coefficient (Wildman–Crippen LogP) is -0.0324. The zero-order chi connectivity index (χ0) is 18.0. The Morgan fingerprint density at radius 3 is 2.48 bits per heavy atom. The standard InChI is InChI=1S/C16H22N6O3/c1-12-14(8-19(2)18-12)9-20-3-5-21(6-4-20)15(23)11-22-10-13(7-17-22)16(24)25/h7-8,10H,3-6,9,11H2,1-2H3,(H,24,25). The molecule has 3 heterocycles. The van der Waals surface area contributed by atoms with Crippen LogP contribution in [0.4, 0.5) is 0 Å². The van der Waals surface area contributed by atoms with E-state index in [9.17, 15) is 9.59 Å². The van der Waals surface area contributed by atoms with E-state index >= 15 is 0 Å². The molecule has 0 bridgehead atoms. The molecule has 0 atom stereocenters. The van der Waals surface area contributed by atoms with Crippen LogP contribution in [-0.4, -0.2) is 72.5 Å². The number of amides is 1. The summed E-state index contributed by atoms with van der Waals surface area (Å²) >= 11 is 0. The van der Waals surface area contributed by atoms with E-state index in [4.69, 9.17) is 5.11 Å². The third-order valence-electron chi connectivity index (χ3n) is 4.41. The van der Waals surface area contributed by atoms with E-state index in [1.54, 1.807) is 4.90 Å². The number of hydrogen-bond acceptors (Lipinski definition) is 5. The number of carboxylic acid groups (broad SMARTS) is 1. The van der Waals surface area contributed by atoms with Crippen LogP contribution in [0.15, 0.2) is 18.6 Å². The van der Waals surface area contributed by atoms with Gasteiger partial charge in [-0.15, -0.1) is 0 Å². The molecule has 0 aromatic carbocycles. The summed E-state index contributed by atoms with van der Waals surface area (Å²) < 4.78 is 3.19. The van der Waals surface area contributed by atoms with Crippen LogP contribution in [0.1, 0.15) is 21.6 Å². The number of hydrogen-bond donors (Lipinski definition) is 1. The third-order valence-corrected chi connectivity index (χ3v) is 4.41. The van der Waals surface area contributed by atoms with Gasteiger partial charge in [0.15, 0.2) is 0 Å². The smallest absolute Gasteiger partial charge is 0.338 e. The van der Waals surface area contributed by atoms with Crippen molar-refractivity contribution in [3.05, 3.63) is 35.4 Å². The average molecular weight is 346 g/mol. The molecule has 1 N–H and O–H groups in total. The summed E-state index contributed by atoms with van der Waals surface area (Å²) in [5.74, 6) is -1.09. The summed E-state index contributed by atoms with van der Waals surface area (Å²) in [6.07, 6.45) is 4.66. The second-order valence-corrected chi connectivity index (χ2v) is 6.30. The highest BCUT2D eigenvalue weighted by atomic mass is 16.4. The third kappa shape index (κ3) is 4.05. The van der Waals surface area contributed by atoms with Gasteiger partial charge in [0, 0.05) is 57.7 Å². The molecule has 0 saturated carbocycles. The van der Waals surface area contributed by atoms with E-state index in [1.807, 2.05) is 24.9 Å². The second kappa shape index (κ2) is 7.06. The van der Waals surface area contributed by atoms with Gasteiger partial charge in [-0.3, -0.25) is 19.1 Å². The molecule has 2 aromatic rings. The second-order valence-electron chi connectivity index (χ2n) is 6.30. The maximum atomic E-state index is 12.4. The fraction of sp³-hybridized carbons (Fsp3) is 0.500. The lowest BCUT2D eigenvalue weighted by Gasteiger charge is -2.34. The monoisotopic (exact) mass is 346 g/mol. The minimum Gasteiger partial charge on any atom is -0.478 e. The Balaban J connectivity index is 1.50. The number of carbonyl (C=O) groups excluding carboxylic acids is 1. The van der Waals surface area contributed by atoms with Crippen LogP contribution in [0.25, 0.3) is 0 Å². The number of piperazine rings is 1. The Morgan fingerprint density at radius 2 is 1.92 bits per heavy atom. The molecule has 1 aliphatic rings. The SMILES string of the molecule is Cc1nn(C)cc1CN1CCN(C(=O)Cn2cc(C(=O)O)cn2)CC1. The first-order valence-electron chi connectivity index (χ1n) is 8.17. The molecule has 0 aliphatic carbocycles. The quantitative estimate of drug-likeness (QED) is 0.817. The van der Waals surface area contributed by atoms with Crippen LogP contribution in [0.5, 0.6) is 0 Å². The first-order valence-corrected chi connectivity index (χ1v) is 8.17. The maximum Gasteiger partial charge on any atom is 0.338 e. The number of carboxylic acids is 1. The van der Waals surface area contributed by atoms with Gasteiger partial charge in [0.1, 0.15) is 6.54 Å². The number of nitrogens with zero attached hydrogens (tertiary/aromatic N) is 6. The molecule has 9 heteroatoms. The summed E-state index contributed by atoms with van der Waals surface area (Å²) in [4.78, 5) is 27.3. The predicted molar refractivity (Wildman–Crippen MR) is 89.0 cm³/mol. The average Bonchev–Trinajstić information content (AvgIpc) is 3.15.